The summed E-state index contributed by atoms with van der Waals surface area (Å²) in [6.07, 6.45) is 0.118. The first-order chi connectivity index (χ1) is 9.92. The second kappa shape index (κ2) is 8.14. The van der Waals surface area contributed by atoms with Gasteiger partial charge >= 0.3 is 5.97 Å². The highest BCUT2D eigenvalue weighted by Crippen LogP contribution is 2.16. The van der Waals surface area contributed by atoms with Crippen LogP contribution in [0.15, 0.2) is 24.3 Å². The molecule has 0 aliphatic carbocycles. The number of methoxy groups -OCH3 is 1. The van der Waals surface area contributed by atoms with Gasteiger partial charge in [-0.3, -0.25) is 4.79 Å². The maximum Gasteiger partial charge on any atom is 0.330 e. The summed E-state index contributed by atoms with van der Waals surface area (Å²) in [5.41, 5.74) is 0.824. The van der Waals surface area contributed by atoms with E-state index in [4.69, 9.17) is 4.74 Å². The lowest BCUT2D eigenvalue weighted by Gasteiger charge is -2.17. The topological polar surface area (TPSA) is 76.7 Å². The summed E-state index contributed by atoms with van der Waals surface area (Å²) in [5, 5.41) is 5.61. The molecule has 0 fully saturated rings. The number of benzene rings is 1. The number of hydrogen-bond donors (Lipinski definition) is 2. The van der Waals surface area contributed by atoms with Crippen LogP contribution in [0.3, 0.4) is 0 Å². The number of ether oxygens (including phenoxy) is 2. The molecule has 116 valence electrons. The van der Waals surface area contributed by atoms with E-state index in [-0.39, 0.29) is 18.6 Å². The van der Waals surface area contributed by atoms with Crippen molar-refractivity contribution >= 4 is 17.6 Å². The Hall–Kier alpha value is -2.24. The molecule has 6 nitrogen and oxygen atoms in total. The fourth-order valence-corrected chi connectivity index (χ4v) is 1.72. The Kier molecular flexibility index (Phi) is 6.52. The average molecular weight is 294 g/mol. The third kappa shape index (κ3) is 6.16. The lowest BCUT2D eigenvalue weighted by Crippen LogP contribution is -2.45. The van der Waals surface area contributed by atoms with E-state index in [1.807, 2.05) is 38.1 Å². The van der Waals surface area contributed by atoms with Gasteiger partial charge in [-0.25, -0.2) is 4.79 Å². The number of nitrogens with one attached hydrogen (secondary N) is 2. The van der Waals surface area contributed by atoms with Gasteiger partial charge in [0.05, 0.1) is 13.2 Å². The Morgan fingerprint density at radius 2 is 1.81 bits per heavy atom. The van der Waals surface area contributed by atoms with Crippen LogP contribution < -0.4 is 15.4 Å². The van der Waals surface area contributed by atoms with Crippen molar-refractivity contribution in [2.75, 3.05) is 19.0 Å². The molecule has 1 aromatic carbocycles. The van der Waals surface area contributed by atoms with Crippen LogP contribution in [-0.4, -0.2) is 37.7 Å². The highest BCUT2D eigenvalue weighted by Gasteiger charge is 2.19. The summed E-state index contributed by atoms with van der Waals surface area (Å²) >= 11 is 0. The summed E-state index contributed by atoms with van der Waals surface area (Å²) in [6.45, 7) is 5.52. The van der Waals surface area contributed by atoms with Crippen molar-refractivity contribution in [1.82, 2.24) is 5.32 Å². The number of carbonyl (C=O) groups is 2. The molecule has 0 bridgehead atoms. The van der Waals surface area contributed by atoms with E-state index in [1.54, 1.807) is 0 Å². The molecular weight excluding hydrogens is 272 g/mol. The third-order valence-electron chi connectivity index (χ3n) is 2.60. The Morgan fingerprint density at radius 1 is 1.19 bits per heavy atom. The van der Waals surface area contributed by atoms with Crippen molar-refractivity contribution in [3.05, 3.63) is 24.3 Å². The van der Waals surface area contributed by atoms with Crippen LogP contribution in [0.5, 0.6) is 5.75 Å². The molecule has 1 rings (SSSR count). The predicted octanol–water partition coefficient (Wildman–Crippen LogP) is 1.56. The molecule has 21 heavy (non-hydrogen) atoms. The van der Waals surface area contributed by atoms with Gasteiger partial charge in [-0.2, -0.15) is 0 Å². The highest BCUT2D eigenvalue weighted by atomic mass is 16.5. The number of carbonyl (C=O) groups excluding carboxylic acids is 2. The molecule has 1 aromatic rings. The minimum absolute atomic E-state index is 0.118. The van der Waals surface area contributed by atoms with Gasteiger partial charge in [-0.1, -0.05) is 0 Å². The molecule has 0 heterocycles. The molecule has 0 saturated carbocycles. The van der Waals surface area contributed by atoms with Gasteiger partial charge in [0.15, 0.2) is 0 Å². The van der Waals surface area contributed by atoms with Crippen molar-refractivity contribution in [3.8, 4) is 5.75 Å². The monoisotopic (exact) mass is 294 g/mol. The summed E-state index contributed by atoms with van der Waals surface area (Å²) < 4.78 is 10.2. The third-order valence-corrected chi connectivity index (χ3v) is 2.60. The van der Waals surface area contributed by atoms with Crippen LogP contribution in [0.1, 0.15) is 20.8 Å². The molecule has 2 N–H and O–H groups in total. The van der Waals surface area contributed by atoms with Gasteiger partial charge in [-0.05, 0) is 38.1 Å². The molecule has 0 saturated heterocycles. The molecule has 0 aliphatic heterocycles. The standard InChI is InChI=1S/C15H22N2O4/c1-10(2)21-13-7-5-12(6-8-13)16-9-14(15(19)20-4)17-11(3)18/h5-8,10,14,16H,9H2,1-4H3,(H,17,18). The van der Waals surface area contributed by atoms with Crippen LogP contribution in [0.2, 0.25) is 0 Å². The zero-order chi connectivity index (χ0) is 15.8. The zero-order valence-electron chi connectivity index (χ0n) is 12.8. The molecule has 0 aliphatic rings. The largest absolute Gasteiger partial charge is 0.491 e. The van der Waals surface area contributed by atoms with Crippen LogP contribution in [0.25, 0.3) is 0 Å². The quantitative estimate of drug-likeness (QED) is 0.746. The summed E-state index contributed by atoms with van der Waals surface area (Å²) in [7, 11) is 1.29. The fraction of sp³-hybridized carbons (Fsp3) is 0.467. The first-order valence-corrected chi connectivity index (χ1v) is 6.78. The first kappa shape index (κ1) is 16.8. The molecule has 1 amide bonds. The second-order valence-corrected chi connectivity index (χ2v) is 4.85. The van der Waals surface area contributed by atoms with E-state index >= 15 is 0 Å². The lowest BCUT2D eigenvalue weighted by molar-refractivity contribution is -0.144. The minimum atomic E-state index is -0.723. The minimum Gasteiger partial charge on any atom is -0.491 e. The summed E-state index contributed by atoms with van der Waals surface area (Å²) in [4.78, 5) is 22.6. The molecule has 6 heteroatoms. The van der Waals surface area contributed by atoms with Crippen molar-refractivity contribution in [1.29, 1.82) is 0 Å². The molecular formula is C15H22N2O4. The normalized spacial score (nSPS) is 11.7. The van der Waals surface area contributed by atoms with E-state index < -0.39 is 12.0 Å². The van der Waals surface area contributed by atoms with E-state index in [1.165, 1.54) is 14.0 Å². The Bertz CT molecular complexity index is 471. The first-order valence-electron chi connectivity index (χ1n) is 6.78. The molecule has 1 unspecified atom stereocenters. The van der Waals surface area contributed by atoms with E-state index in [0.29, 0.717) is 0 Å². The Morgan fingerprint density at radius 3 is 2.29 bits per heavy atom. The maximum atomic E-state index is 11.5. The van der Waals surface area contributed by atoms with Gasteiger partial charge in [0, 0.05) is 19.2 Å². The van der Waals surface area contributed by atoms with Gasteiger partial charge < -0.3 is 20.1 Å². The van der Waals surface area contributed by atoms with Crippen molar-refractivity contribution < 1.29 is 19.1 Å². The van der Waals surface area contributed by atoms with Crippen LogP contribution in [-0.2, 0) is 14.3 Å². The Balaban J connectivity index is 2.58. The fourth-order valence-electron chi connectivity index (χ4n) is 1.72. The highest BCUT2D eigenvalue weighted by molar-refractivity contribution is 5.83. The van der Waals surface area contributed by atoms with Crippen molar-refractivity contribution in [3.63, 3.8) is 0 Å². The molecule has 1 atom stereocenters. The Labute approximate surface area is 124 Å². The SMILES string of the molecule is COC(=O)C(CNc1ccc(OC(C)C)cc1)NC(C)=O. The van der Waals surface area contributed by atoms with Crippen molar-refractivity contribution in [2.24, 2.45) is 0 Å². The van der Waals surface area contributed by atoms with Crippen LogP contribution >= 0.6 is 0 Å². The van der Waals surface area contributed by atoms with Gasteiger partial charge in [0.25, 0.3) is 0 Å². The summed E-state index contributed by atoms with van der Waals surface area (Å²) in [6, 6.07) is 6.65. The molecule has 0 spiro atoms. The van der Waals surface area contributed by atoms with Crippen LogP contribution in [0.4, 0.5) is 5.69 Å². The average Bonchev–Trinajstić information content (AvgIpc) is 2.43. The lowest BCUT2D eigenvalue weighted by atomic mass is 10.2. The van der Waals surface area contributed by atoms with Crippen molar-refractivity contribution in [2.45, 2.75) is 32.9 Å². The molecule has 0 aromatic heterocycles. The van der Waals surface area contributed by atoms with Gasteiger partial charge in [0.2, 0.25) is 5.91 Å². The second-order valence-electron chi connectivity index (χ2n) is 4.85. The van der Waals surface area contributed by atoms with E-state index in [2.05, 4.69) is 15.4 Å². The number of rotatable bonds is 7. The van der Waals surface area contributed by atoms with E-state index in [9.17, 15) is 9.59 Å². The summed E-state index contributed by atoms with van der Waals surface area (Å²) in [5.74, 6) is 0.00673. The molecule has 0 radical (unpaired) electrons. The number of hydrogen-bond acceptors (Lipinski definition) is 5. The van der Waals surface area contributed by atoms with E-state index in [0.717, 1.165) is 11.4 Å². The smallest absolute Gasteiger partial charge is 0.330 e. The number of anilines is 1. The number of amides is 1. The predicted molar refractivity (Wildman–Crippen MR) is 80.3 cm³/mol. The zero-order valence-corrected chi connectivity index (χ0v) is 12.8. The van der Waals surface area contributed by atoms with Gasteiger partial charge in [0.1, 0.15) is 11.8 Å². The maximum absolute atomic E-state index is 11.5. The van der Waals surface area contributed by atoms with Crippen LogP contribution in [0, 0.1) is 0 Å². The number of esters is 1. The van der Waals surface area contributed by atoms with Gasteiger partial charge in [-0.15, -0.1) is 0 Å².